The van der Waals surface area contributed by atoms with Crippen molar-refractivity contribution in [3.05, 3.63) is 47.8 Å². The minimum Gasteiger partial charge on any atom is -0.493 e. The number of benzene rings is 1. The molecule has 112 valence electrons. The molecular weight excluding hydrogens is 262 g/mol. The molecule has 1 N–H and O–H groups in total. The Hall–Kier alpha value is -2.10. The molecule has 0 aliphatic carbocycles. The summed E-state index contributed by atoms with van der Waals surface area (Å²) in [5, 5.41) is 3.29. The zero-order valence-electron chi connectivity index (χ0n) is 13.1. The first-order chi connectivity index (χ1) is 10.0. The number of nitrogens with one attached hydrogen (secondary N) is 1. The Balaban J connectivity index is 1.96. The molecule has 0 radical (unpaired) electrons. The molecule has 4 heteroatoms. The maximum absolute atomic E-state index is 5.69. The number of rotatable bonds is 6. The van der Waals surface area contributed by atoms with E-state index in [-0.39, 0.29) is 6.04 Å². The molecule has 0 fully saturated rings. The molecule has 0 aliphatic heterocycles. The molecule has 1 aromatic carbocycles. The third kappa shape index (κ3) is 4.74. The zero-order chi connectivity index (χ0) is 15.2. The van der Waals surface area contributed by atoms with Crippen LogP contribution in [0.4, 0.5) is 5.95 Å². The number of hydrogen-bond donors (Lipinski definition) is 1. The number of anilines is 1. The monoisotopic (exact) mass is 285 g/mol. The quantitative estimate of drug-likeness (QED) is 0.871. The van der Waals surface area contributed by atoms with E-state index in [0.717, 1.165) is 17.9 Å². The van der Waals surface area contributed by atoms with Gasteiger partial charge in [0.15, 0.2) is 0 Å². The van der Waals surface area contributed by atoms with E-state index in [4.69, 9.17) is 4.74 Å². The van der Waals surface area contributed by atoms with Gasteiger partial charge in [-0.3, -0.25) is 0 Å². The molecule has 0 saturated carbocycles. The molecular formula is C17H23N3O. The van der Waals surface area contributed by atoms with Gasteiger partial charge in [-0.25, -0.2) is 9.97 Å². The van der Waals surface area contributed by atoms with Gasteiger partial charge in [0.25, 0.3) is 0 Å². The second-order valence-electron chi connectivity index (χ2n) is 5.72. The Labute approximate surface area is 126 Å². The Morgan fingerprint density at radius 3 is 2.24 bits per heavy atom. The topological polar surface area (TPSA) is 47.0 Å². The summed E-state index contributed by atoms with van der Waals surface area (Å²) in [7, 11) is 0. The summed E-state index contributed by atoms with van der Waals surface area (Å²) in [5.74, 6) is 2.09. The summed E-state index contributed by atoms with van der Waals surface area (Å²) in [6.07, 6.45) is 3.62. The molecule has 4 nitrogen and oxygen atoms in total. The first kappa shape index (κ1) is 15.3. The van der Waals surface area contributed by atoms with E-state index < -0.39 is 0 Å². The van der Waals surface area contributed by atoms with E-state index in [9.17, 15) is 0 Å². The van der Waals surface area contributed by atoms with Crippen LogP contribution in [0.5, 0.6) is 5.75 Å². The van der Waals surface area contributed by atoms with Gasteiger partial charge < -0.3 is 10.1 Å². The minimum absolute atomic E-state index is 0.145. The van der Waals surface area contributed by atoms with Gasteiger partial charge >= 0.3 is 0 Å². The highest BCUT2D eigenvalue weighted by Gasteiger charge is 2.07. The van der Waals surface area contributed by atoms with Crippen molar-refractivity contribution < 1.29 is 4.74 Å². The van der Waals surface area contributed by atoms with Crippen LogP contribution in [0.25, 0.3) is 0 Å². The highest BCUT2D eigenvalue weighted by molar-refractivity contribution is 5.34. The van der Waals surface area contributed by atoms with Gasteiger partial charge in [0.1, 0.15) is 5.75 Å². The molecule has 1 unspecified atom stereocenters. The first-order valence-electron chi connectivity index (χ1n) is 7.32. The molecule has 2 rings (SSSR count). The largest absolute Gasteiger partial charge is 0.493 e. The fourth-order valence-electron chi connectivity index (χ4n) is 1.86. The van der Waals surface area contributed by atoms with Gasteiger partial charge in [-0.2, -0.15) is 0 Å². The lowest BCUT2D eigenvalue weighted by molar-refractivity contribution is 0.271. The second kappa shape index (κ2) is 7.07. The van der Waals surface area contributed by atoms with Gasteiger partial charge in [0.2, 0.25) is 5.95 Å². The molecule has 1 aromatic heterocycles. The maximum atomic E-state index is 5.69. The van der Waals surface area contributed by atoms with E-state index in [1.165, 1.54) is 5.56 Å². The highest BCUT2D eigenvalue weighted by atomic mass is 16.5. The van der Waals surface area contributed by atoms with Gasteiger partial charge in [0.05, 0.1) is 12.6 Å². The van der Waals surface area contributed by atoms with Crippen molar-refractivity contribution in [1.82, 2.24) is 9.97 Å². The van der Waals surface area contributed by atoms with Crippen LogP contribution in [-0.4, -0.2) is 16.6 Å². The molecule has 1 atom stereocenters. The van der Waals surface area contributed by atoms with Crippen LogP contribution in [0.2, 0.25) is 0 Å². The van der Waals surface area contributed by atoms with Crippen molar-refractivity contribution >= 4 is 5.95 Å². The number of ether oxygens (including phenoxy) is 1. The van der Waals surface area contributed by atoms with Gasteiger partial charge in [0, 0.05) is 12.4 Å². The molecule has 0 amide bonds. The van der Waals surface area contributed by atoms with E-state index in [1.54, 1.807) is 0 Å². The molecule has 21 heavy (non-hydrogen) atoms. The standard InChI is InChI=1S/C17H23N3O/c1-12(2)11-21-16-7-5-15(6-8-16)14(4)20-17-18-9-13(3)10-19-17/h5-10,12,14H,11H2,1-4H3,(H,18,19,20). The third-order valence-electron chi connectivity index (χ3n) is 3.09. The lowest BCUT2D eigenvalue weighted by atomic mass is 10.1. The Morgan fingerprint density at radius 2 is 1.67 bits per heavy atom. The molecule has 0 aliphatic rings. The Kier molecular flexibility index (Phi) is 5.14. The molecule has 0 spiro atoms. The van der Waals surface area contributed by atoms with E-state index in [0.29, 0.717) is 11.9 Å². The van der Waals surface area contributed by atoms with E-state index in [2.05, 4.69) is 48.2 Å². The summed E-state index contributed by atoms with van der Waals surface area (Å²) < 4.78 is 5.69. The van der Waals surface area contributed by atoms with Crippen molar-refractivity contribution in [3.63, 3.8) is 0 Å². The number of aromatic nitrogens is 2. The Morgan fingerprint density at radius 1 is 1.05 bits per heavy atom. The van der Waals surface area contributed by atoms with E-state index in [1.807, 2.05) is 31.5 Å². The van der Waals surface area contributed by atoms with Crippen LogP contribution in [0.3, 0.4) is 0 Å². The average molecular weight is 285 g/mol. The second-order valence-corrected chi connectivity index (χ2v) is 5.72. The predicted octanol–water partition coefficient (Wildman–Crippen LogP) is 3.99. The molecule has 2 aromatic rings. The lowest BCUT2D eigenvalue weighted by Gasteiger charge is -2.15. The SMILES string of the molecule is Cc1cnc(NC(C)c2ccc(OCC(C)C)cc2)nc1. The highest BCUT2D eigenvalue weighted by Crippen LogP contribution is 2.20. The first-order valence-corrected chi connectivity index (χ1v) is 7.32. The smallest absolute Gasteiger partial charge is 0.223 e. The Bertz CT molecular complexity index is 549. The van der Waals surface area contributed by atoms with Crippen molar-refractivity contribution in [2.75, 3.05) is 11.9 Å². The molecule has 1 heterocycles. The van der Waals surface area contributed by atoms with Crippen molar-refractivity contribution in [1.29, 1.82) is 0 Å². The zero-order valence-corrected chi connectivity index (χ0v) is 13.1. The normalized spacial score (nSPS) is 12.2. The van der Waals surface area contributed by atoms with Crippen LogP contribution >= 0.6 is 0 Å². The fraction of sp³-hybridized carbons (Fsp3) is 0.412. The van der Waals surface area contributed by atoms with Crippen LogP contribution in [0.1, 0.15) is 37.9 Å². The number of nitrogens with zero attached hydrogens (tertiary/aromatic N) is 2. The van der Waals surface area contributed by atoms with Crippen molar-refractivity contribution in [2.45, 2.75) is 33.7 Å². The van der Waals surface area contributed by atoms with Crippen LogP contribution in [0.15, 0.2) is 36.7 Å². The van der Waals surface area contributed by atoms with Gasteiger partial charge in [-0.1, -0.05) is 26.0 Å². The summed E-state index contributed by atoms with van der Waals surface area (Å²) >= 11 is 0. The summed E-state index contributed by atoms with van der Waals surface area (Å²) in [6, 6.07) is 8.30. The predicted molar refractivity (Wildman–Crippen MR) is 85.6 cm³/mol. The summed E-state index contributed by atoms with van der Waals surface area (Å²) in [4.78, 5) is 8.53. The van der Waals surface area contributed by atoms with Crippen LogP contribution in [-0.2, 0) is 0 Å². The fourth-order valence-corrected chi connectivity index (χ4v) is 1.86. The van der Waals surface area contributed by atoms with Gasteiger partial charge in [-0.05, 0) is 43.0 Å². The number of hydrogen-bond acceptors (Lipinski definition) is 4. The average Bonchev–Trinajstić information content (AvgIpc) is 2.48. The summed E-state index contributed by atoms with van der Waals surface area (Å²) in [5.41, 5.74) is 2.23. The molecule has 0 saturated heterocycles. The van der Waals surface area contributed by atoms with Crippen LogP contribution in [0, 0.1) is 12.8 Å². The van der Waals surface area contributed by atoms with Gasteiger partial charge in [-0.15, -0.1) is 0 Å². The third-order valence-corrected chi connectivity index (χ3v) is 3.09. The lowest BCUT2D eigenvalue weighted by Crippen LogP contribution is -2.09. The van der Waals surface area contributed by atoms with Crippen molar-refractivity contribution in [3.8, 4) is 5.75 Å². The summed E-state index contributed by atoms with van der Waals surface area (Å²) in [6.45, 7) is 9.09. The number of aryl methyl sites for hydroxylation is 1. The van der Waals surface area contributed by atoms with Crippen LogP contribution < -0.4 is 10.1 Å². The maximum Gasteiger partial charge on any atom is 0.223 e. The minimum atomic E-state index is 0.145. The van der Waals surface area contributed by atoms with Crippen molar-refractivity contribution in [2.24, 2.45) is 5.92 Å². The van der Waals surface area contributed by atoms with E-state index >= 15 is 0 Å². The molecule has 0 bridgehead atoms.